The summed E-state index contributed by atoms with van der Waals surface area (Å²) in [5.74, 6) is 2.18. The zero-order valence-corrected chi connectivity index (χ0v) is 18.3. The van der Waals surface area contributed by atoms with Gasteiger partial charge >= 0.3 is 0 Å². The molecule has 2 N–H and O–H groups in total. The molecule has 6 nitrogen and oxygen atoms in total. The molecule has 0 bridgehead atoms. The predicted octanol–water partition coefficient (Wildman–Crippen LogP) is 5.22. The van der Waals surface area contributed by atoms with Crippen molar-refractivity contribution in [2.24, 2.45) is 5.11 Å². The number of unbranched alkanes of at least 4 members (excludes halogenated alkanes) is 2. The summed E-state index contributed by atoms with van der Waals surface area (Å²) >= 11 is 6.56. The monoisotopic (exact) mass is 421 g/mol. The van der Waals surface area contributed by atoms with Crippen LogP contribution < -0.4 is 24.5 Å². The SMILES string of the molecule is CCCCOc1cc(-c2ccc(OC)cc2Cl)c(OCCCC)c(OC)c1N=[NH2+]. The smallest absolute Gasteiger partial charge is 0.217 e. The molecule has 0 aliphatic carbocycles. The third-order valence-electron chi connectivity index (χ3n) is 4.47. The Hall–Kier alpha value is -2.47. The number of methoxy groups -OCH3 is 2. The summed E-state index contributed by atoms with van der Waals surface area (Å²) in [6.07, 6.45) is 3.84. The van der Waals surface area contributed by atoms with E-state index in [2.05, 4.69) is 19.0 Å². The summed E-state index contributed by atoms with van der Waals surface area (Å²) in [4.78, 5) is 0. The highest BCUT2D eigenvalue weighted by Crippen LogP contribution is 2.51. The van der Waals surface area contributed by atoms with Gasteiger partial charge in [0, 0.05) is 11.1 Å². The normalized spacial score (nSPS) is 10.5. The second kappa shape index (κ2) is 11.5. The molecular weight excluding hydrogens is 392 g/mol. The van der Waals surface area contributed by atoms with Crippen LogP contribution in [0.25, 0.3) is 11.1 Å². The van der Waals surface area contributed by atoms with Gasteiger partial charge in [0.25, 0.3) is 0 Å². The van der Waals surface area contributed by atoms with Crippen molar-refractivity contribution in [2.75, 3.05) is 27.4 Å². The lowest BCUT2D eigenvalue weighted by molar-refractivity contribution is -0.210. The molecule has 2 aromatic carbocycles. The van der Waals surface area contributed by atoms with Crippen LogP contribution >= 0.6 is 11.6 Å². The summed E-state index contributed by atoms with van der Waals surface area (Å²) in [5.41, 5.74) is 7.63. The number of nitrogens with zero attached hydrogens (tertiary/aromatic N) is 1. The predicted molar refractivity (Wildman–Crippen MR) is 115 cm³/mol. The van der Waals surface area contributed by atoms with Crippen molar-refractivity contribution in [3.63, 3.8) is 0 Å². The first-order valence-electron chi connectivity index (χ1n) is 9.86. The summed E-state index contributed by atoms with van der Waals surface area (Å²) in [5, 5.41) is 4.44. The van der Waals surface area contributed by atoms with Crippen LogP contribution in [0.15, 0.2) is 29.4 Å². The number of hydrogen-bond acceptors (Lipinski definition) is 5. The maximum atomic E-state index is 6.56. The zero-order chi connectivity index (χ0) is 21.2. The summed E-state index contributed by atoms with van der Waals surface area (Å²) in [6, 6.07) is 7.36. The van der Waals surface area contributed by atoms with Gasteiger partial charge in [0.2, 0.25) is 5.69 Å². The molecule has 0 aromatic heterocycles. The lowest BCUT2D eigenvalue weighted by Gasteiger charge is -2.19. The van der Waals surface area contributed by atoms with E-state index in [1.807, 2.05) is 18.2 Å². The molecule has 0 atom stereocenters. The summed E-state index contributed by atoms with van der Waals surface area (Å²) in [6.45, 7) is 5.29. The Balaban J connectivity index is 2.66. The first-order chi connectivity index (χ1) is 14.1. The molecule has 0 radical (unpaired) electrons. The fraction of sp³-hybridized carbons (Fsp3) is 0.455. The quantitative estimate of drug-likeness (QED) is 0.376. The maximum absolute atomic E-state index is 6.56. The van der Waals surface area contributed by atoms with Crippen molar-refractivity contribution in [3.05, 3.63) is 29.3 Å². The highest BCUT2D eigenvalue weighted by molar-refractivity contribution is 6.33. The Morgan fingerprint density at radius 2 is 1.59 bits per heavy atom. The van der Waals surface area contributed by atoms with E-state index in [1.54, 1.807) is 20.3 Å². The largest absolute Gasteiger partial charge is 0.497 e. The van der Waals surface area contributed by atoms with E-state index in [0.29, 0.717) is 46.9 Å². The number of rotatable bonds is 12. The Morgan fingerprint density at radius 1 is 0.897 bits per heavy atom. The van der Waals surface area contributed by atoms with Gasteiger partial charge < -0.3 is 18.9 Å². The summed E-state index contributed by atoms with van der Waals surface area (Å²) in [7, 11) is 3.16. The Kier molecular flexibility index (Phi) is 9.06. The fourth-order valence-electron chi connectivity index (χ4n) is 2.86. The Bertz CT molecular complexity index is 827. The fourth-order valence-corrected chi connectivity index (χ4v) is 3.13. The third-order valence-corrected chi connectivity index (χ3v) is 4.79. The molecule has 7 heteroatoms. The molecule has 0 spiro atoms. The molecule has 0 saturated heterocycles. The van der Waals surface area contributed by atoms with Crippen molar-refractivity contribution in [3.8, 4) is 34.1 Å². The first-order valence-corrected chi connectivity index (χ1v) is 10.2. The minimum atomic E-state index is 0.420. The molecule has 2 aromatic rings. The van der Waals surface area contributed by atoms with E-state index in [-0.39, 0.29) is 0 Å². The lowest BCUT2D eigenvalue weighted by atomic mass is 10.0. The molecule has 29 heavy (non-hydrogen) atoms. The van der Waals surface area contributed by atoms with Gasteiger partial charge in [-0.05, 0) is 42.2 Å². The molecule has 0 aliphatic rings. The van der Waals surface area contributed by atoms with Gasteiger partial charge in [-0.25, -0.2) is 0 Å². The molecule has 0 heterocycles. The minimum Gasteiger partial charge on any atom is -0.497 e. The van der Waals surface area contributed by atoms with Crippen LogP contribution in [0.3, 0.4) is 0 Å². The maximum Gasteiger partial charge on any atom is 0.217 e. The van der Waals surface area contributed by atoms with Crippen molar-refractivity contribution >= 4 is 17.3 Å². The van der Waals surface area contributed by atoms with E-state index >= 15 is 0 Å². The van der Waals surface area contributed by atoms with Gasteiger partial charge in [0.15, 0.2) is 17.2 Å². The molecule has 0 fully saturated rings. The molecule has 2 rings (SSSR count). The number of benzene rings is 2. The highest BCUT2D eigenvalue weighted by Gasteiger charge is 2.25. The van der Waals surface area contributed by atoms with Crippen LogP contribution in [0.1, 0.15) is 39.5 Å². The van der Waals surface area contributed by atoms with Gasteiger partial charge in [-0.3, -0.25) is 0 Å². The van der Waals surface area contributed by atoms with Gasteiger partial charge in [0.1, 0.15) is 5.75 Å². The molecule has 0 amide bonds. The molecule has 0 saturated carbocycles. The van der Waals surface area contributed by atoms with Crippen LogP contribution in [-0.2, 0) is 0 Å². The Labute approximate surface area is 177 Å². The van der Waals surface area contributed by atoms with Crippen molar-refractivity contribution in [1.82, 2.24) is 0 Å². The van der Waals surface area contributed by atoms with Crippen LogP contribution in [0, 0.1) is 0 Å². The van der Waals surface area contributed by atoms with Gasteiger partial charge in [-0.15, -0.1) is 0 Å². The van der Waals surface area contributed by atoms with E-state index in [1.165, 1.54) is 0 Å². The number of halogens is 1. The van der Waals surface area contributed by atoms with Crippen LogP contribution in [0.4, 0.5) is 5.69 Å². The molecule has 158 valence electrons. The van der Waals surface area contributed by atoms with Crippen LogP contribution in [0.2, 0.25) is 5.02 Å². The van der Waals surface area contributed by atoms with E-state index in [4.69, 9.17) is 36.1 Å². The minimum absolute atomic E-state index is 0.420. The van der Waals surface area contributed by atoms with Crippen LogP contribution in [0.5, 0.6) is 23.0 Å². The van der Waals surface area contributed by atoms with E-state index < -0.39 is 0 Å². The first kappa shape index (κ1) is 22.8. The second-order valence-electron chi connectivity index (χ2n) is 6.51. The van der Waals surface area contributed by atoms with Crippen molar-refractivity contribution < 1.29 is 24.5 Å². The van der Waals surface area contributed by atoms with E-state index in [9.17, 15) is 0 Å². The number of hydrogen-bond donors (Lipinski definition) is 1. The number of nitrogens with two attached hydrogens (primary N) is 1. The lowest BCUT2D eigenvalue weighted by Crippen LogP contribution is -2.22. The molecular formula is C22H30ClN2O4+. The average Bonchev–Trinajstić information content (AvgIpc) is 2.74. The second-order valence-corrected chi connectivity index (χ2v) is 6.92. The average molecular weight is 422 g/mol. The Morgan fingerprint density at radius 3 is 2.14 bits per heavy atom. The van der Waals surface area contributed by atoms with Gasteiger partial charge in [-0.2, -0.15) is 5.53 Å². The van der Waals surface area contributed by atoms with E-state index in [0.717, 1.165) is 36.8 Å². The summed E-state index contributed by atoms with van der Waals surface area (Å²) < 4.78 is 23.0. The zero-order valence-electron chi connectivity index (χ0n) is 17.6. The molecule has 0 aliphatic heterocycles. The van der Waals surface area contributed by atoms with Gasteiger partial charge in [0.05, 0.1) is 32.5 Å². The topological polar surface area (TPSA) is 74.9 Å². The molecule has 0 unspecified atom stereocenters. The standard InChI is InChI=1S/C22H29ClN2O4/c1-5-7-11-28-19-14-17(16-10-9-15(26-3)13-18(16)23)21(29-12-8-6-2)22(27-4)20(19)25-24/h9-10,13-14,24H,5-8,11-12H2,1-4H3/p+1. The third kappa shape index (κ3) is 5.54. The van der Waals surface area contributed by atoms with Crippen molar-refractivity contribution in [1.29, 1.82) is 0 Å². The highest BCUT2D eigenvalue weighted by atomic mass is 35.5. The van der Waals surface area contributed by atoms with Crippen LogP contribution in [-0.4, -0.2) is 27.4 Å². The van der Waals surface area contributed by atoms with Gasteiger partial charge in [-0.1, -0.05) is 38.3 Å². The van der Waals surface area contributed by atoms with Crippen molar-refractivity contribution in [2.45, 2.75) is 39.5 Å². The number of ether oxygens (including phenoxy) is 4.